The number of likely N-dealkylation sites (tertiary alicyclic amines) is 1. The minimum absolute atomic E-state index is 0.0653. The molecule has 14 nitrogen and oxygen atoms in total. The number of carbonyl (C=O) groups is 1. The zero-order chi connectivity index (χ0) is 37.3. The number of nitrogens with one attached hydrogen (secondary N) is 5. The van der Waals surface area contributed by atoms with E-state index >= 15 is 0 Å². The Balaban J connectivity index is 0.000000250. The Morgan fingerprint density at radius 2 is 1.36 bits per heavy atom. The SMILES string of the molecule is O=C(NCCCN1CCCC1)Nc1nc2ccc(OS(=O)(=O)c3ccc(NC4CCCC4)cc3)cc2[nH]1.O=S(=O)(O)c1ccc(NC2CCCC2)cc1. The molecule has 0 spiro atoms. The molecule has 2 aliphatic carbocycles. The molecule has 3 fully saturated rings. The van der Waals surface area contributed by atoms with Crippen LogP contribution in [0.4, 0.5) is 22.1 Å². The molecular weight excluding hydrogens is 719 g/mol. The van der Waals surface area contributed by atoms with Crippen molar-refractivity contribution in [2.24, 2.45) is 0 Å². The Hall–Kier alpha value is -4.38. The Morgan fingerprint density at radius 3 is 1.92 bits per heavy atom. The number of nitrogens with zero attached hydrogens (tertiary/aromatic N) is 2. The summed E-state index contributed by atoms with van der Waals surface area (Å²) in [6.07, 6.45) is 13.0. The Morgan fingerprint density at radius 1 is 0.792 bits per heavy atom. The van der Waals surface area contributed by atoms with Crippen LogP contribution < -0.4 is 25.5 Å². The zero-order valence-electron chi connectivity index (χ0n) is 29.7. The van der Waals surface area contributed by atoms with E-state index in [4.69, 9.17) is 8.74 Å². The third kappa shape index (κ3) is 11.3. The predicted molar refractivity (Wildman–Crippen MR) is 206 cm³/mol. The van der Waals surface area contributed by atoms with Gasteiger partial charge >= 0.3 is 16.1 Å². The van der Waals surface area contributed by atoms with E-state index in [2.05, 4.69) is 36.1 Å². The maximum absolute atomic E-state index is 12.8. The van der Waals surface area contributed by atoms with Crippen LogP contribution in [0.5, 0.6) is 5.75 Å². The lowest BCUT2D eigenvalue weighted by atomic mass is 10.2. The van der Waals surface area contributed by atoms with Crippen LogP contribution >= 0.6 is 0 Å². The fourth-order valence-electron chi connectivity index (χ4n) is 6.99. The van der Waals surface area contributed by atoms with E-state index in [0.717, 1.165) is 50.3 Å². The topological polar surface area (TPSA) is 195 Å². The van der Waals surface area contributed by atoms with E-state index in [1.807, 2.05) is 0 Å². The third-order valence-electron chi connectivity index (χ3n) is 9.77. The highest BCUT2D eigenvalue weighted by Gasteiger charge is 2.20. The van der Waals surface area contributed by atoms with Crippen molar-refractivity contribution in [1.29, 1.82) is 0 Å². The minimum atomic E-state index is -4.07. The molecule has 16 heteroatoms. The number of H-pyrrole nitrogens is 1. The van der Waals surface area contributed by atoms with Gasteiger partial charge in [0, 0.05) is 36.1 Å². The van der Waals surface area contributed by atoms with Crippen LogP contribution in [-0.4, -0.2) is 80.6 Å². The molecule has 1 aromatic heterocycles. The van der Waals surface area contributed by atoms with Crippen molar-refractivity contribution >= 4 is 54.6 Å². The largest absolute Gasteiger partial charge is 0.382 e. The molecule has 0 bridgehead atoms. The van der Waals surface area contributed by atoms with Gasteiger partial charge in [-0.1, -0.05) is 25.7 Å². The van der Waals surface area contributed by atoms with E-state index in [9.17, 15) is 21.6 Å². The second-order valence-electron chi connectivity index (χ2n) is 13.9. The average Bonchev–Trinajstić information content (AvgIpc) is 3.97. The normalized spacial score (nSPS) is 17.0. The van der Waals surface area contributed by atoms with Gasteiger partial charge < -0.3 is 30.0 Å². The minimum Gasteiger partial charge on any atom is -0.382 e. The maximum Gasteiger partial charge on any atom is 0.339 e. The van der Waals surface area contributed by atoms with Gasteiger partial charge in [-0.05, 0) is 125 Å². The monoisotopic (exact) mass is 767 g/mol. The summed E-state index contributed by atoms with van der Waals surface area (Å²) in [6.45, 7) is 3.85. The first-order valence-corrected chi connectivity index (χ1v) is 21.3. The van der Waals surface area contributed by atoms with Gasteiger partial charge in [0.25, 0.3) is 10.1 Å². The molecule has 6 N–H and O–H groups in total. The van der Waals surface area contributed by atoms with Crippen LogP contribution in [-0.2, 0) is 20.2 Å². The molecule has 0 atom stereocenters. The molecule has 1 aliphatic heterocycles. The van der Waals surface area contributed by atoms with E-state index in [-0.39, 0.29) is 27.5 Å². The first-order valence-electron chi connectivity index (χ1n) is 18.4. The molecule has 2 saturated carbocycles. The quantitative estimate of drug-likeness (QED) is 0.0489. The second kappa shape index (κ2) is 17.6. The molecule has 0 radical (unpaired) electrons. The molecule has 2 heterocycles. The number of aromatic nitrogens is 2. The van der Waals surface area contributed by atoms with Crippen LogP contribution in [0.1, 0.15) is 70.6 Å². The number of aromatic amines is 1. The van der Waals surface area contributed by atoms with Crippen LogP contribution in [0.15, 0.2) is 76.5 Å². The van der Waals surface area contributed by atoms with E-state index < -0.39 is 20.2 Å². The van der Waals surface area contributed by atoms with Gasteiger partial charge in [-0.15, -0.1) is 0 Å². The van der Waals surface area contributed by atoms with E-state index in [1.165, 1.54) is 63.5 Å². The number of benzene rings is 3. The lowest BCUT2D eigenvalue weighted by Crippen LogP contribution is -2.32. The van der Waals surface area contributed by atoms with Crippen molar-refractivity contribution in [2.75, 3.05) is 42.1 Å². The number of anilines is 3. The van der Waals surface area contributed by atoms with Crippen LogP contribution in [0.2, 0.25) is 0 Å². The third-order valence-corrected chi connectivity index (χ3v) is 11.9. The van der Waals surface area contributed by atoms with Gasteiger partial charge in [-0.25, -0.2) is 9.78 Å². The molecule has 0 unspecified atom stereocenters. The fourth-order valence-corrected chi connectivity index (χ4v) is 8.39. The van der Waals surface area contributed by atoms with E-state index in [0.29, 0.717) is 29.7 Å². The summed E-state index contributed by atoms with van der Waals surface area (Å²) in [4.78, 5) is 22.0. The summed E-state index contributed by atoms with van der Waals surface area (Å²) < 4.78 is 61.5. The molecule has 3 aliphatic rings. The van der Waals surface area contributed by atoms with Crippen molar-refractivity contribution in [3.8, 4) is 5.75 Å². The molecule has 2 amide bonds. The predicted octanol–water partition coefficient (Wildman–Crippen LogP) is 6.58. The van der Waals surface area contributed by atoms with Crippen molar-refractivity contribution in [2.45, 2.75) is 92.5 Å². The highest BCUT2D eigenvalue weighted by molar-refractivity contribution is 7.87. The number of amides is 2. The summed E-state index contributed by atoms with van der Waals surface area (Å²) >= 11 is 0. The van der Waals surface area contributed by atoms with Crippen molar-refractivity contribution < 1.29 is 30.4 Å². The Bertz CT molecular complexity index is 2020. The molecular formula is C37H49N7O7S2. The van der Waals surface area contributed by atoms with Gasteiger partial charge in [0.05, 0.1) is 15.9 Å². The standard InChI is InChI=1S/C26H34N6O4S.C11H15NO3S/c33-26(27-14-5-17-32-15-3-4-16-32)31-25-29-23-13-10-21(18-24(23)30-25)36-37(34,35)22-11-8-20(9-12-22)28-19-6-1-2-7-19;13-16(14,15)11-7-5-10(6-8-11)12-9-3-1-2-4-9/h8-13,18-19,28H,1-7,14-17H2,(H3,27,29,30,31,33);5-9,12H,1-4H2,(H,13,14,15). The smallest absolute Gasteiger partial charge is 0.339 e. The molecule has 4 aromatic rings. The Labute approximate surface area is 311 Å². The van der Waals surface area contributed by atoms with E-state index in [1.54, 1.807) is 54.6 Å². The number of urea groups is 1. The summed E-state index contributed by atoms with van der Waals surface area (Å²) in [5, 5.41) is 12.3. The van der Waals surface area contributed by atoms with Crippen molar-refractivity contribution in [1.82, 2.24) is 20.2 Å². The second-order valence-corrected chi connectivity index (χ2v) is 16.8. The van der Waals surface area contributed by atoms with Crippen LogP contribution in [0.25, 0.3) is 11.0 Å². The summed E-state index contributed by atoms with van der Waals surface area (Å²) in [5.41, 5.74) is 2.93. The van der Waals surface area contributed by atoms with Gasteiger partial charge in [0.1, 0.15) is 10.6 Å². The number of hydrogen-bond donors (Lipinski definition) is 6. The summed E-state index contributed by atoms with van der Waals surface area (Å²) in [6, 6.07) is 18.2. The molecule has 7 rings (SSSR count). The van der Waals surface area contributed by atoms with Gasteiger partial charge in [0.15, 0.2) is 0 Å². The zero-order valence-corrected chi connectivity index (χ0v) is 31.4. The van der Waals surface area contributed by atoms with Gasteiger partial charge in [0.2, 0.25) is 5.95 Å². The van der Waals surface area contributed by atoms with Crippen LogP contribution in [0.3, 0.4) is 0 Å². The first-order chi connectivity index (χ1) is 25.5. The lowest BCUT2D eigenvalue weighted by Gasteiger charge is -2.14. The van der Waals surface area contributed by atoms with Gasteiger partial charge in [-0.2, -0.15) is 16.8 Å². The fraction of sp³-hybridized carbons (Fsp3) is 0.459. The number of carbonyl (C=O) groups excluding carboxylic acids is 1. The number of fused-ring (bicyclic) bond motifs is 1. The molecule has 3 aromatic carbocycles. The lowest BCUT2D eigenvalue weighted by molar-refractivity contribution is 0.250. The highest BCUT2D eigenvalue weighted by Crippen LogP contribution is 2.27. The average molecular weight is 768 g/mol. The highest BCUT2D eigenvalue weighted by atomic mass is 32.2. The number of imidazole rings is 1. The van der Waals surface area contributed by atoms with Gasteiger partial charge in [-0.3, -0.25) is 9.87 Å². The number of rotatable bonds is 13. The molecule has 1 saturated heterocycles. The summed E-state index contributed by atoms with van der Waals surface area (Å²) in [7, 11) is -8.08. The number of hydrogen-bond acceptors (Lipinski definition) is 10. The molecule has 53 heavy (non-hydrogen) atoms. The first kappa shape index (κ1) is 38.3. The summed E-state index contributed by atoms with van der Waals surface area (Å²) in [5.74, 6) is 0.430. The van der Waals surface area contributed by atoms with Crippen molar-refractivity contribution in [3.63, 3.8) is 0 Å². The molecule has 286 valence electrons. The maximum atomic E-state index is 12.8. The van der Waals surface area contributed by atoms with Crippen LogP contribution in [0, 0.1) is 0 Å². The van der Waals surface area contributed by atoms with Crippen molar-refractivity contribution in [3.05, 3.63) is 66.7 Å². The Kier molecular flexibility index (Phi) is 12.8.